The fraction of sp³-hybridized carbons (Fsp3) is 0.632. The Kier molecular flexibility index (Phi) is 6.08. The molecule has 0 aromatic heterocycles. The third-order valence-corrected chi connectivity index (χ3v) is 5.13. The Morgan fingerprint density at radius 1 is 1.40 bits per heavy atom. The lowest BCUT2D eigenvalue weighted by atomic mass is 9.54. The highest BCUT2D eigenvalue weighted by Crippen LogP contribution is 2.50. The van der Waals surface area contributed by atoms with Crippen molar-refractivity contribution in [2.24, 2.45) is 11.1 Å². The van der Waals surface area contributed by atoms with Crippen LogP contribution < -0.4 is 15.8 Å². The second-order valence-corrected chi connectivity index (χ2v) is 7.47. The Labute approximate surface area is 150 Å². The molecule has 0 saturated heterocycles. The van der Waals surface area contributed by atoms with E-state index in [1.54, 1.807) is 0 Å². The molecule has 0 spiro atoms. The summed E-state index contributed by atoms with van der Waals surface area (Å²) in [4.78, 5) is 14.8. The van der Waals surface area contributed by atoms with Crippen molar-refractivity contribution in [3.8, 4) is 5.75 Å². The van der Waals surface area contributed by atoms with Gasteiger partial charge in [-0.15, -0.1) is 0 Å². The molecule has 1 fully saturated rings. The first-order valence-electron chi connectivity index (χ1n) is 8.80. The van der Waals surface area contributed by atoms with E-state index in [1.807, 2.05) is 59.1 Å². The van der Waals surface area contributed by atoms with Gasteiger partial charge < -0.3 is 25.4 Å². The standard InChI is InChI=1S/C19H31N3O3/c1-6-24-16-13-19(20,18(16,2)3)17(23)21-14-8-7-9-15(12-14)25-11-10-22(4)5/h7-9,12,16H,6,10-11,13,20H2,1-5H3,(H,21,23). The number of anilines is 1. The van der Waals surface area contributed by atoms with Crippen molar-refractivity contribution in [2.75, 3.05) is 39.2 Å². The van der Waals surface area contributed by atoms with Crippen LogP contribution in [-0.4, -0.2) is 56.3 Å². The summed E-state index contributed by atoms with van der Waals surface area (Å²) < 4.78 is 11.4. The van der Waals surface area contributed by atoms with Gasteiger partial charge in [-0.3, -0.25) is 4.79 Å². The van der Waals surface area contributed by atoms with Gasteiger partial charge in [-0.05, 0) is 33.2 Å². The number of amides is 1. The minimum Gasteiger partial charge on any atom is -0.492 e. The number of hydrogen-bond acceptors (Lipinski definition) is 5. The lowest BCUT2D eigenvalue weighted by Gasteiger charge is -2.57. The zero-order chi connectivity index (χ0) is 18.7. The van der Waals surface area contributed by atoms with Gasteiger partial charge in [0, 0.05) is 36.7 Å². The number of nitrogens with one attached hydrogen (secondary N) is 1. The van der Waals surface area contributed by atoms with Gasteiger partial charge in [-0.1, -0.05) is 19.9 Å². The molecule has 1 amide bonds. The number of carbonyl (C=O) groups excluding carboxylic acids is 1. The second kappa shape index (κ2) is 7.72. The van der Waals surface area contributed by atoms with Gasteiger partial charge in [0.25, 0.3) is 0 Å². The van der Waals surface area contributed by atoms with Gasteiger partial charge in [0.05, 0.1) is 6.10 Å². The molecule has 1 aliphatic rings. The van der Waals surface area contributed by atoms with E-state index in [4.69, 9.17) is 15.2 Å². The maximum atomic E-state index is 12.8. The predicted molar refractivity (Wildman–Crippen MR) is 99.9 cm³/mol. The van der Waals surface area contributed by atoms with Crippen LogP contribution in [0.2, 0.25) is 0 Å². The number of ether oxygens (including phenoxy) is 2. The molecule has 2 rings (SSSR count). The maximum absolute atomic E-state index is 12.8. The molecule has 3 N–H and O–H groups in total. The Morgan fingerprint density at radius 2 is 2.12 bits per heavy atom. The van der Waals surface area contributed by atoms with Crippen LogP contribution in [-0.2, 0) is 9.53 Å². The van der Waals surface area contributed by atoms with Crippen molar-refractivity contribution in [1.29, 1.82) is 0 Å². The van der Waals surface area contributed by atoms with Crippen molar-refractivity contribution in [2.45, 2.75) is 38.8 Å². The maximum Gasteiger partial charge on any atom is 0.245 e. The summed E-state index contributed by atoms with van der Waals surface area (Å²) in [5.41, 5.74) is 5.76. The molecule has 1 aromatic rings. The zero-order valence-corrected chi connectivity index (χ0v) is 16.0. The van der Waals surface area contributed by atoms with E-state index in [2.05, 4.69) is 10.2 Å². The minimum atomic E-state index is -0.936. The van der Waals surface area contributed by atoms with E-state index in [9.17, 15) is 4.79 Å². The van der Waals surface area contributed by atoms with Crippen molar-refractivity contribution >= 4 is 11.6 Å². The van der Waals surface area contributed by atoms with Gasteiger partial charge >= 0.3 is 0 Å². The summed E-state index contributed by atoms with van der Waals surface area (Å²) in [5.74, 6) is 0.546. The highest BCUT2D eigenvalue weighted by molar-refractivity contribution is 5.99. The van der Waals surface area contributed by atoms with E-state index < -0.39 is 11.0 Å². The van der Waals surface area contributed by atoms with Crippen LogP contribution in [0, 0.1) is 5.41 Å². The van der Waals surface area contributed by atoms with E-state index in [0.29, 0.717) is 25.3 Å². The average Bonchev–Trinajstić information content (AvgIpc) is 2.54. The molecular weight excluding hydrogens is 318 g/mol. The van der Waals surface area contributed by atoms with Gasteiger partial charge in [0.2, 0.25) is 5.91 Å². The highest BCUT2D eigenvalue weighted by Gasteiger charge is 2.62. The molecule has 0 heterocycles. The first kappa shape index (κ1) is 19.7. The molecule has 0 bridgehead atoms. The van der Waals surface area contributed by atoms with E-state index in [1.165, 1.54) is 0 Å². The number of nitrogens with zero attached hydrogens (tertiary/aromatic N) is 1. The van der Waals surface area contributed by atoms with Crippen LogP contribution >= 0.6 is 0 Å². The number of rotatable bonds is 8. The monoisotopic (exact) mass is 349 g/mol. The van der Waals surface area contributed by atoms with Gasteiger partial charge in [0.15, 0.2) is 0 Å². The van der Waals surface area contributed by atoms with Gasteiger partial charge in [0.1, 0.15) is 17.9 Å². The molecule has 1 saturated carbocycles. The largest absolute Gasteiger partial charge is 0.492 e. The predicted octanol–water partition coefficient (Wildman–Crippen LogP) is 2.10. The van der Waals surface area contributed by atoms with Crippen LogP contribution in [0.25, 0.3) is 0 Å². The third-order valence-electron chi connectivity index (χ3n) is 5.13. The Balaban J connectivity index is 1.99. The fourth-order valence-corrected chi connectivity index (χ4v) is 3.07. The van der Waals surface area contributed by atoms with E-state index >= 15 is 0 Å². The molecule has 0 radical (unpaired) electrons. The van der Waals surface area contributed by atoms with Crippen molar-refractivity contribution < 1.29 is 14.3 Å². The summed E-state index contributed by atoms with van der Waals surface area (Å²) in [6.45, 7) is 7.96. The summed E-state index contributed by atoms with van der Waals surface area (Å²) in [6.07, 6.45) is 0.535. The Morgan fingerprint density at radius 3 is 2.72 bits per heavy atom. The molecule has 2 atom stereocenters. The first-order chi connectivity index (χ1) is 11.7. The molecule has 2 unspecified atom stereocenters. The highest BCUT2D eigenvalue weighted by atomic mass is 16.5. The van der Waals surface area contributed by atoms with Crippen LogP contribution in [0.4, 0.5) is 5.69 Å². The molecule has 6 nitrogen and oxygen atoms in total. The molecule has 1 aliphatic carbocycles. The number of carbonyl (C=O) groups is 1. The summed E-state index contributed by atoms with van der Waals surface area (Å²) in [6, 6.07) is 7.40. The fourth-order valence-electron chi connectivity index (χ4n) is 3.07. The normalized spacial score (nSPS) is 24.7. The van der Waals surface area contributed by atoms with Crippen molar-refractivity contribution in [3.05, 3.63) is 24.3 Å². The molecule has 6 heteroatoms. The second-order valence-electron chi connectivity index (χ2n) is 7.47. The van der Waals surface area contributed by atoms with E-state index in [-0.39, 0.29) is 12.0 Å². The number of nitrogens with two attached hydrogens (primary N) is 1. The van der Waals surface area contributed by atoms with Crippen molar-refractivity contribution in [1.82, 2.24) is 4.90 Å². The summed E-state index contributed by atoms with van der Waals surface area (Å²) in [5, 5.41) is 2.93. The Hall–Kier alpha value is -1.63. The molecule has 1 aromatic carbocycles. The molecular formula is C19H31N3O3. The Bertz CT molecular complexity index is 603. The lowest BCUT2D eigenvalue weighted by molar-refractivity contribution is -0.166. The molecule has 140 valence electrons. The zero-order valence-electron chi connectivity index (χ0n) is 16.0. The minimum absolute atomic E-state index is 0.00829. The number of likely N-dealkylation sites (N-methyl/N-ethyl adjacent to an activating group) is 1. The van der Waals surface area contributed by atoms with Crippen LogP contribution in [0.3, 0.4) is 0 Å². The molecule has 25 heavy (non-hydrogen) atoms. The quantitative estimate of drug-likeness (QED) is 0.752. The topological polar surface area (TPSA) is 76.8 Å². The third kappa shape index (κ3) is 4.14. The van der Waals surface area contributed by atoms with Crippen LogP contribution in [0.1, 0.15) is 27.2 Å². The lowest BCUT2D eigenvalue weighted by Crippen LogP contribution is -2.74. The molecule has 0 aliphatic heterocycles. The van der Waals surface area contributed by atoms with Gasteiger partial charge in [-0.25, -0.2) is 0 Å². The van der Waals surface area contributed by atoms with Crippen LogP contribution in [0.5, 0.6) is 5.75 Å². The van der Waals surface area contributed by atoms with E-state index in [0.717, 1.165) is 12.3 Å². The van der Waals surface area contributed by atoms with Crippen molar-refractivity contribution in [3.63, 3.8) is 0 Å². The summed E-state index contributed by atoms with van der Waals surface area (Å²) in [7, 11) is 3.99. The number of benzene rings is 1. The first-order valence-corrected chi connectivity index (χ1v) is 8.80. The smallest absolute Gasteiger partial charge is 0.245 e. The van der Waals surface area contributed by atoms with Crippen LogP contribution in [0.15, 0.2) is 24.3 Å². The SMILES string of the molecule is CCOC1CC(N)(C(=O)Nc2cccc(OCCN(C)C)c2)C1(C)C. The summed E-state index contributed by atoms with van der Waals surface area (Å²) >= 11 is 0. The van der Waals surface area contributed by atoms with Gasteiger partial charge in [-0.2, -0.15) is 0 Å². The number of hydrogen-bond donors (Lipinski definition) is 2. The average molecular weight is 349 g/mol.